The van der Waals surface area contributed by atoms with E-state index in [9.17, 15) is 0 Å². The van der Waals surface area contributed by atoms with Gasteiger partial charge in [0, 0.05) is 12.7 Å². The smallest absolute Gasteiger partial charge is 0.125 e. The molecule has 0 aliphatic carbocycles. The minimum absolute atomic E-state index is 0.245. The van der Waals surface area contributed by atoms with Crippen molar-refractivity contribution in [1.29, 1.82) is 0 Å². The molecule has 21 heavy (non-hydrogen) atoms. The summed E-state index contributed by atoms with van der Waals surface area (Å²) in [5.41, 5.74) is 4.60. The molecule has 0 fully saturated rings. The lowest BCUT2D eigenvalue weighted by Gasteiger charge is -2.19. The predicted octanol–water partition coefficient (Wildman–Crippen LogP) is 0.858. The summed E-state index contributed by atoms with van der Waals surface area (Å²) in [5, 5.41) is 4.41. The summed E-state index contributed by atoms with van der Waals surface area (Å²) in [5.74, 6) is 6.47. The van der Waals surface area contributed by atoms with Crippen LogP contribution in [0, 0.1) is 6.92 Å². The number of aromatic nitrogens is 4. The average molecular weight is 354 g/mol. The molecule has 3 N–H and O–H groups in total. The Kier molecular flexibility index (Phi) is 5.40. The van der Waals surface area contributed by atoms with Gasteiger partial charge in [-0.1, -0.05) is 0 Å². The number of hydrogen-bond donors (Lipinski definition) is 2. The number of halogens is 1. The summed E-state index contributed by atoms with van der Waals surface area (Å²) in [4.78, 5) is 10.7. The van der Waals surface area contributed by atoms with Crippen LogP contribution in [0.2, 0.25) is 0 Å². The van der Waals surface area contributed by atoms with E-state index in [0.29, 0.717) is 5.82 Å². The highest BCUT2D eigenvalue weighted by Crippen LogP contribution is 2.27. The van der Waals surface area contributed by atoms with Crippen LogP contribution in [0.15, 0.2) is 22.9 Å². The summed E-state index contributed by atoms with van der Waals surface area (Å²) in [6.07, 6.45) is 3.51. The largest absolute Gasteiger partial charge is 0.308 e. The van der Waals surface area contributed by atoms with Crippen LogP contribution in [0.5, 0.6) is 0 Å². The van der Waals surface area contributed by atoms with E-state index in [0.717, 1.165) is 29.0 Å². The SMILES string of the molecule is Cc1nccc(C(NN)c2c(Br)cnn2CCN(C)C)n1. The maximum absolute atomic E-state index is 5.76. The molecular formula is C13H20BrN7. The monoisotopic (exact) mass is 353 g/mol. The lowest BCUT2D eigenvalue weighted by molar-refractivity contribution is 0.365. The molecular weight excluding hydrogens is 334 g/mol. The minimum Gasteiger partial charge on any atom is -0.308 e. The molecule has 0 saturated heterocycles. The van der Waals surface area contributed by atoms with Gasteiger partial charge in [-0.05, 0) is 43.0 Å². The first-order valence-corrected chi connectivity index (χ1v) is 7.44. The van der Waals surface area contributed by atoms with Crippen molar-refractivity contribution >= 4 is 15.9 Å². The molecule has 2 rings (SSSR count). The Bertz CT molecular complexity index is 596. The number of hydrazine groups is 1. The molecule has 2 heterocycles. The van der Waals surface area contributed by atoms with Gasteiger partial charge in [0.25, 0.3) is 0 Å². The number of hydrogen-bond acceptors (Lipinski definition) is 6. The van der Waals surface area contributed by atoms with E-state index in [1.807, 2.05) is 31.8 Å². The van der Waals surface area contributed by atoms with Gasteiger partial charge in [-0.2, -0.15) is 5.10 Å². The molecule has 114 valence electrons. The van der Waals surface area contributed by atoms with Crippen molar-refractivity contribution in [2.24, 2.45) is 5.84 Å². The molecule has 1 unspecified atom stereocenters. The fourth-order valence-corrected chi connectivity index (χ4v) is 2.60. The van der Waals surface area contributed by atoms with Gasteiger partial charge in [-0.15, -0.1) is 0 Å². The van der Waals surface area contributed by atoms with Crippen LogP contribution in [0.3, 0.4) is 0 Å². The summed E-state index contributed by atoms with van der Waals surface area (Å²) >= 11 is 3.55. The molecule has 0 radical (unpaired) electrons. The quantitative estimate of drug-likeness (QED) is 0.591. The van der Waals surface area contributed by atoms with Gasteiger partial charge in [0.15, 0.2) is 0 Å². The van der Waals surface area contributed by atoms with Crippen molar-refractivity contribution in [2.45, 2.75) is 19.5 Å². The normalized spacial score (nSPS) is 12.9. The Hall–Kier alpha value is -1.35. The van der Waals surface area contributed by atoms with Gasteiger partial charge in [-0.25, -0.2) is 15.4 Å². The summed E-state index contributed by atoms with van der Waals surface area (Å²) in [7, 11) is 4.06. The Balaban J connectivity index is 2.35. The van der Waals surface area contributed by atoms with Crippen LogP contribution in [-0.2, 0) is 6.54 Å². The molecule has 0 amide bonds. The van der Waals surface area contributed by atoms with Gasteiger partial charge in [0.05, 0.1) is 28.6 Å². The molecule has 0 aliphatic heterocycles. The second-order valence-corrected chi connectivity index (χ2v) is 5.89. The minimum atomic E-state index is -0.245. The number of aryl methyl sites for hydroxylation is 1. The van der Waals surface area contributed by atoms with Crippen LogP contribution >= 0.6 is 15.9 Å². The van der Waals surface area contributed by atoms with Crippen LogP contribution < -0.4 is 11.3 Å². The first-order chi connectivity index (χ1) is 10.0. The van der Waals surface area contributed by atoms with E-state index in [1.165, 1.54) is 0 Å². The third-order valence-electron chi connectivity index (χ3n) is 3.13. The molecule has 1 atom stereocenters. The fraction of sp³-hybridized carbons (Fsp3) is 0.462. The zero-order valence-electron chi connectivity index (χ0n) is 12.4. The van der Waals surface area contributed by atoms with Crippen molar-refractivity contribution < 1.29 is 0 Å². The Morgan fingerprint density at radius 2 is 2.24 bits per heavy atom. The van der Waals surface area contributed by atoms with E-state index in [4.69, 9.17) is 5.84 Å². The highest BCUT2D eigenvalue weighted by atomic mass is 79.9. The summed E-state index contributed by atoms with van der Waals surface area (Å²) < 4.78 is 2.84. The average Bonchev–Trinajstić information content (AvgIpc) is 2.79. The van der Waals surface area contributed by atoms with E-state index in [2.05, 4.69) is 41.3 Å². The zero-order chi connectivity index (χ0) is 15.4. The first kappa shape index (κ1) is 16.0. The third-order valence-corrected chi connectivity index (χ3v) is 3.74. The Morgan fingerprint density at radius 1 is 1.48 bits per heavy atom. The number of nitrogens with two attached hydrogens (primary N) is 1. The highest BCUT2D eigenvalue weighted by Gasteiger charge is 2.22. The van der Waals surface area contributed by atoms with Gasteiger partial charge in [-0.3, -0.25) is 10.5 Å². The Morgan fingerprint density at radius 3 is 2.86 bits per heavy atom. The summed E-state index contributed by atoms with van der Waals surface area (Å²) in [6, 6.07) is 1.61. The van der Waals surface area contributed by atoms with Crippen LogP contribution in [0.1, 0.15) is 23.3 Å². The van der Waals surface area contributed by atoms with Gasteiger partial charge >= 0.3 is 0 Å². The topological polar surface area (TPSA) is 84.9 Å². The Labute approximate surface area is 132 Å². The molecule has 0 spiro atoms. The molecule has 2 aromatic heterocycles. The second kappa shape index (κ2) is 7.08. The number of likely N-dealkylation sites (N-methyl/N-ethyl adjacent to an activating group) is 1. The zero-order valence-corrected chi connectivity index (χ0v) is 14.0. The lowest BCUT2D eigenvalue weighted by Crippen LogP contribution is -2.32. The standard InChI is InChI=1S/C13H20BrN7/c1-9-16-5-4-11(18-9)12(19-15)13-10(14)8-17-21(13)7-6-20(2)3/h4-5,8,12,19H,6-7,15H2,1-3H3. The van der Waals surface area contributed by atoms with E-state index >= 15 is 0 Å². The van der Waals surface area contributed by atoms with Crippen LogP contribution in [0.25, 0.3) is 0 Å². The second-order valence-electron chi connectivity index (χ2n) is 5.03. The fourth-order valence-electron chi connectivity index (χ4n) is 2.07. The molecule has 2 aromatic rings. The van der Waals surface area contributed by atoms with Gasteiger partial charge < -0.3 is 4.90 Å². The van der Waals surface area contributed by atoms with Crippen LogP contribution in [-0.4, -0.2) is 45.3 Å². The van der Waals surface area contributed by atoms with Crippen molar-refractivity contribution in [3.63, 3.8) is 0 Å². The maximum Gasteiger partial charge on any atom is 0.125 e. The van der Waals surface area contributed by atoms with E-state index < -0.39 is 0 Å². The predicted molar refractivity (Wildman–Crippen MR) is 84.4 cm³/mol. The van der Waals surface area contributed by atoms with E-state index in [1.54, 1.807) is 12.4 Å². The molecule has 8 heteroatoms. The molecule has 0 aromatic carbocycles. The van der Waals surface area contributed by atoms with Crippen molar-refractivity contribution in [2.75, 3.05) is 20.6 Å². The maximum atomic E-state index is 5.76. The van der Waals surface area contributed by atoms with Gasteiger partial charge in [0.2, 0.25) is 0 Å². The molecule has 0 bridgehead atoms. The number of nitrogens with zero attached hydrogens (tertiary/aromatic N) is 5. The van der Waals surface area contributed by atoms with Crippen molar-refractivity contribution in [1.82, 2.24) is 30.1 Å². The van der Waals surface area contributed by atoms with Crippen molar-refractivity contribution in [3.05, 3.63) is 40.1 Å². The number of nitrogens with one attached hydrogen (secondary N) is 1. The molecule has 0 aliphatic rings. The summed E-state index contributed by atoms with van der Waals surface area (Å²) in [6.45, 7) is 3.52. The van der Waals surface area contributed by atoms with Crippen molar-refractivity contribution in [3.8, 4) is 0 Å². The lowest BCUT2D eigenvalue weighted by atomic mass is 10.1. The van der Waals surface area contributed by atoms with Gasteiger partial charge in [0.1, 0.15) is 11.9 Å². The first-order valence-electron chi connectivity index (χ1n) is 6.64. The molecule has 7 nitrogen and oxygen atoms in total. The third kappa shape index (κ3) is 3.85. The molecule has 0 saturated carbocycles. The van der Waals surface area contributed by atoms with Crippen LogP contribution in [0.4, 0.5) is 0 Å². The number of rotatable bonds is 6. The highest BCUT2D eigenvalue weighted by molar-refractivity contribution is 9.10. The van der Waals surface area contributed by atoms with E-state index in [-0.39, 0.29) is 6.04 Å².